The van der Waals surface area contributed by atoms with Gasteiger partial charge in [-0.1, -0.05) is 19.1 Å². The molecule has 2 aliphatic rings. The number of furan rings is 1. The van der Waals surface area contributed by atoms with Crippen LogP contribution in [-0.4, -0.2) is 11.8 Å². The van der Waals surface area contributed by atoms with Crippen LogP contribution in [0.25, 0.3) is 6.08 Å². The van der Waals surface area contributed by atoms with Crippen molar-refractivity contribution in [3.05, 3.63) is 59.6 Å². The van der Waals surface area contributed by atoms with Gasteiger partial charge < -0.3 is 15.1 Å². The average Bonchev–Trinajstić information content (AvgIpc) is 3.59. The lowest BCUT2D eigenvalue weighted by Crippen LogP contribution is -2.20. The number of anilines is 1. The molecule has 1 aromatic carbocycles. The first-order chi connectivity index (χ1) is 13.1. The van der Waals surface area contributed by atoms with Gasteiger partial charge in [-0.2, -0.15) is 0 Å². The maximum Gasteiger partial charge on any atom is 0.244 e. The predicted octanol–water partition coefficient (Wildman–Crippen LogP) is 4.08. The second-order valence-corrected chi connectivity index (χ2v) is 7.57. The van der Waals surface area contributed by atoms with Gasteiger partial charge in [-0.25, -0.2) is 0 Å². The molecule has 5 nitrogen and oxygen atoms in total. The molecule has 0 unspecified atom stereocenters. The normalized spacial score (nSPS) is 21.2. The molecule has 1 heterocycles. The maximum absolute atomic E-state index is 12.0. The summed E-state index contributed by atoms with van der Waals surface area (Å²) in [5, 5.41) is 5.76. The minimum absolute atomic E-state index is 0.0958. The van der Waals surface area contributed by atoms with Crippen LogP contribution in [0, 0.1) is 11.8 Å². The van der Waals surface area contributed by atoms with Crippen molar-refractivity contribution in [2.45, 2.75) is 38.6 Å². The third kappa shape index (κ3) is 4.67. The molecule has 2 saturated carbocycles. The number of nitrogens with one attached hydrogen (secondary N) is 2. The number of hydrogen-bond acceptors (Lipinski definition) is 3. The van der Waals surface area contributed by atoms with E-state index in [-0.39, 0.29) is 17.7 Å². The largest absolute Gasteiger partial charge is 0.461 e. The summed E-state index contributed by atoms with van der Waals surface area (Å²) in [5.74, 6) is 3.07. The number of rotatable bonds is 7. The second kappa shape index (κ2) is 7.43. The molecule has 0 radical (unpaired) electrons. The molecule has 2 aliphatic carbocycles. The highest BCUT2D eigenvalue weighted by Crippen LogP contribution is 2.47. The molecule has 27 heavy (non-hydrogen) atoms. The third-order valence-corrected chi connectivity index (χ3v) is 5.16. The highest BCUT2D eigenvalue weighted by atomic mass is 16.3. The fourth-order valence-corrected chi connectivity index (χ4v) is 3.08. The van der Waals surface area contributed by atoms with Gasteiger partial charge in [-0.05, 0) is 61.1 Å². The molecular weight excluding hydrogens is 340 g/mol. The van der Waals surface area contributed by atoms with Crippen molar-refractivity contribution in [2.75, 3.05) is 5.32 Å². The molecule has 0 saturated heterocycles. The Balaban J connectivity index is 1.23. The van der Waals surface area contributed by atoms with E-state index in [9.17, 15) is 9.59 Å². The minimum atomic E-state index is -0.168. The Morgan fingerprint density at radius 3 is 2.56 bits per heavy atom. The summed E-state index contributed by atoms with van der Waals surface area (Å²) in [5.41, 5.74) is 1.77. The van der Waals surface area contributed by atoms with E-state index in [1.165, 1.54) is 12.5 Å². The standard InChI is InChI=1S/C22H24N2O3/c1-14-12-19(14)20-10-8-18(27-20)9-11-21(25)23-13-15-2-6-17(7-3-15)24-22(26)16-4-5-16/h2-3,6-11,14,16,19H,4-5,12-13H2,1H3,(H,23,25)(H,24,26)/b11-9+/t14-,19-/m0/s1. The van der Waals surface area contributed by atoms with Crippen molar-refractivity contribution in [2.24, 2.45) is 11.8 Å². The van der Waals surface area contributed by atoms with E-state index in [0.717, 1.165) is 29.9 Å². The van der Waals surface area contributed by atoms with Gasteiger partial charge in [0.1, 0.15) is 11.5 Å². The van der Waals surface area contributed by atoms with Crippen LogP contribution in [0.15, 0.2) is 46.9 Å². The molecule has 4 rings (SSSR count). The number of benzene rings is 1. The van der Waals surface area contributed by atoms with Gasteiger partial charge in [0.05, 0.1) is 0 Å². The Labute approximate surface area is 158 Å². The number of carbonyl (C=O) groups excluding carboxylic acids is 2. The Morgan fingerprint density at radius 1 is 1.15 bits per heavy atom. The number of carbonyl (C=O) groups is 2. The van der Waals surface area contributed by atoms with Crippen molar-refractivity contribution < 1.29 is 14.0 Å². The highest BCUT2D eigenvalue weighted by molar-refractivity contribution is 5.94. The number of amides is 2. The molecular formula is C22H24N2O3. The van der Waals surface area contributed by atoms with Gasteiger partial charge in [-0.3, -0.25) is 9.59 Å². The predicted molar refractivity (Wildman–Crippen MR) is 104 cm³/mol. The first kappa shape index (κ1) is 17.6. The summed E-state index contributed by atoms with van der Waals surface area (Å²) in [6.45, 7) is 2.65. The summed E-state index contributed by atoms with van der Waals surface area (Å²) < 4.78 is 5.76. The SMILES string of the molecule is C[C@H]1C[C@@H]1c1ccc(/C=C/C(=O)NCc2ccc(NC(=O)C3CC3)cc2)o1. The van der Waals surface area contributed by atoms with Crippen LogP contribution >= 0.6 is 0 Å². The molecule has 2 fully saturated rings. The van der Waals surface area contributed by atoms with E-state index in [0.29, 0.717) is 24.1 Å². The molecule has 0 spiro atoms. The van der Waals surface area contributed by atoms with E-state index < -0.39 is 0 Å². The zero-order valence-corrected chi connectivity index (χ0v) is 15.4. The fourth-order valence-electron chi connectivity index (χ4n) is 3.08. The molecule has 2 atom stereocenters. The third-order valence-electron chi connectivity index (χ3n) is 5.16. The summed E-state index contributed by atoms with van der Waals surface area (Å²) in [6.07, 6.45) is 6.34. The van der Waals surface area contributed by atoms with E-state index in [2.05, 4.69) is 17.6 Å². The lowest BCUT2D eigenvalue weighted by atomic mass is 10.2. The zero-order chi connectivity index (χ0) is 18.8. The molecule has 2 amide bonds. The molecule has 2 aromatic rings. The molecule has 0 bridgehead atoms. The second-order valence-electron chi connectivity index (χ2n) is 7.57. The van der Waals surface area contributed by atoms with Crippen LogP contribution in [0.3, 0.4) is 0 Å². The van der Waals surface area contributed by atoms with Crippen LogP contribution in [0.4, 0.5) is 5.69 Å². The Bertz CT molecular complexity index is 862. The van der Waals surface area contributed by atoms with Crippen molar-refractivity contribution >= 4 is 23.6 Å². The average molecular weight is 364 g/mol. The lowest BCUT2D eigenvalue weighted by Gasteiger charge is -2.06. The Kier molecular flexibility index (Phi) is 4.84. The van der Waals surface area contributed by atoms with Crippen LogP contribution in [0.1, 0.15) is 49.2 Å². The molecule has 0 aliphatic heterocycles. The first-order valence-electron chi connectivity index (χ1n) is 9.54. The maximum atomic E-state index is 12.0. The van der Waals surface area contributed by atoms with Crippen LogP contribution in [-0.2, 0) is 16.1 Å². The molecule has 2 N–H and O–H groups in total. The summed E-state index contributed by atoms with van der Waals surface area (Å²) in [6, 6.07) is 11.4. The summed E-state index contributed by atoms with van der Waals surface area (Å²) >= 11 is 0. The van der Waals surface area contributed by atoms with Crippen molar-refractivity contribution in [3.8, 4) is 0 Å². The van der Waals surface area contributed by atoms with E-state index in [1.807, 2.05) is 36.4 Å². The van der Waals surface area contributed by atoms with Gasteiger partial charge in [0.2, 0.25) is 11.8 Å². The van der Waals surface area contributed by atoms with Crippen molar-refractivity contribution in [1.82, 2.24) is 5.32 Å². The van der Waals surface area contributed by atoms with Crippen LogP contribution < -0.4 is 10.6 Å². The quantitative estimate of drug-likeness (QED) is 0.727. The summed E-state index contributed by atoms with van der Waals surface area (Å²) in [4.78, 5) is 23.7. The van der Waals surface area contributed by atoms with Crippen molar-refractivity contribution in [3.63, 3.8) is 0 Å². The van der Waals surface area contributed by atoms with Gasteiger partial charge in [0.25, 0.3) is 0 Å². The first-order valence-corrected chi connectivity index (χ1v) is 9.54. The molecule has 5 heteroatoms. The monoisotopic (exact) mass is 364 g/mol. The number of hydrogen-bond donors (Lipinski definition) is 2. The van der Waals surface area contributed by atoms with Crippen LogP contribution in [0.2, 0.25) is 0 Å². The van der Waals surface area contributed by atoms with Crippen LogP contribution in [0.5, 0.6) is 0 Å². The summed E-state index contributed by atoms with van der Waals surface area (Å²) in [7, 11) is 0. The Hall–Kier alpha value is -2.82. The van der Waals surface area contributed by atoms with Gasteiger partial charge >= 0.3 is 0 Å². The van der Waals surface area contributed by atoms with Gasteiger partial charge in [0.15, 0.2) is 0 Å². The highest BCUT2D eigenvalue weighted by Gasteiger charge is 2.36. The smallest absolute Gasteiger partial charge is 0.244 e. The Morgan fingerprint density at radius 2 is 1.89 bits per heavy atom. The molecule has 140 valence electrons. The van der Waals surface area contributed by atoms with Gasteiger partial charge in [-0.15, -0.1) is 0 Å². The van der Waals surface area contributed by atoms with Crippen molar-refractivity contribution in [1.29, 1.82) is 0 Å². The lowest BCUT2D eigenvalue weighted by molar-refractivity contribution is -0.117. The van der Waals surface area contributed by atoms with Gasteiger partial charge in [0, 0.05) is 30.1 Å². The fraction of sp³-hybridized carbons (Fsp3) is 0.364. The van der Waals surface area contributed by atoms with E-state index >= 15 is 0 Å². The topological polar surface area (TPSA) is 71.3 Å². The zero-order valence-electron chi connectivity index (χ0n) is 15.4. The minimum Gasteiger partial charge on any atom is -0.461 e. The van der Waals surface area contributed by atoms with E-state index in [4.69, 9.17) is 4.42 Å². The van der Waals surface area contributed by atoms with E-state index in [1.54, 1.807) is 6.08 Å². The molecule has 1 aromatic heterocycles.